The maximum Gasteiger partial charge on any atom is 0.235 e. The highest BCUT2D eigenvalue weighted by Crippen LogP contribution is 2.41. The Hall–Kier alpha value is -5.03. The number of para-hydroxylation sites is 1. The molecule has 5 heteroatoms. The van der Waals surface area contributed by atoms with Crippen LogP contribution in [0.2, 0.25) is 0 Å². The summed E-state index contributed by atoms with van der Waals surface area (Å²) in [5.41, 5.74) is 6.41. The Morgan fingerprint density at radius 1 is 0.583 bits per heavy atom. The van der Waals surface area contributed by atoms with Crippen LogP contribution in [0.15, 0.2) is 114 Å². The maximum absolute atomic E-state index is 6.49. The second-order valence-corrected chi connectivity index (χ2v) is 8.92. The number of aromatic nitrogens is 4. The summed E-state index contributed by atoms with van der Waals surface area (Å²) < 4.78 is 8.61. The second-order valence-electron chi connectivity index (χ2n) is 8.92. The first-order valence-electron chi connectivity index (χ1n) is 11.9. The fraction of sp³-hybridized carbons (Fsp3) is 0. The molecule has 0 aliphatic rings. The van der Waals surface area contributed by atoms with Gasteiger partial charge in [0, 0.05) is 44.9 Å². The molecule has 0 spiro atoms. The molecule has 0 aliphatic heterocycles. The summed E-state index contributed by atoms with van der Waals surface area (Å²) >= 11 is 0. The van der Waals surface area contributed by atoms with E-state index in [1.807, 2.05) is 60.9 Å². The van der Waals surface area contributed by atoms with Crippen LogP contribution in [0, 0.1) is 0 Å². The van der Waals surface area contributed by atoms with Crippen molar-refractivity contribution in [1.29, 1.82) is 0 Å². The molecule has 4 aromatic carbocycles. The normalized spacial score (nSPS) is 11.9. The van der Waals surface area contributed by atoms with Crippen LogP contribution in [-0.2, 0) is 0 Å². The average molecular weight is 463 g/mol. The van der Waals surface area contributed by atoms with Crippen molar-refractivity contribution in [2.75, 3.05) is 0 Å². The predicted molar refractivity (Wildman–Crippen MR) is 144 cm³/mol. The van der Waals surface area contributed by atoms with Crippen molar-refractivity contribution < 1.29 is 4.42 Å². The molecule has 0 radical (unpaired) electrons. The SMILES string of the molecule is c1ccc(-c2ccnc(-n3c4c(ccc5cccnc54)c4ccc5c6ccccc6oc5c43)n2)cc1. The van der Waals surface area contributed by atoms with Gasteiger partial charge in [-0.05, 0) is 24.3 Å². The van der Waals surface area contributed by atoms with E-state index in [-0.39, 0.29) is 0 Å². The monoisotopic (exact) mass is 462 g/mol. The first kappa shape index (κ1) is 19.3. The summed E-state index contributed by atoms with van der Waals surface area (Å²) in [6.45, 7) is 0. The molecule has 0 bridgehead atoms. The van der Waals surface area contributed by atoms with Crippen molar-refractivity contribution in [2.24, 2.45) is 0 Å². The number of hydrogen-bond donors (Lipinski definition) is 0. The van der Waals surface area contributed by atoms with Gasteiger partial charge in [-0.15, -0.1) is 0 Å². The fourth-order valence-corrected chi connectivity index (χ4v) is 5.33. The van der Waals surface area contributed by atoms with Crippen LogP contribution in [0.3, 0.4) is 0 Å². The summed E-state index contributed by atoms with van der Waals surface area (Å²) in [7, 11) is 0. The molecule has 4 aromatic heterocycles. The largest absolute Gasteiger partial charge is 0.454 e. The minimum Gasteiger partial charge on any atom is -0.454 e. The van der Waals surface area contributed by atoms with E-state index in [0.29, 0.717) is 5.95 Å². The van der Waals surface area contributed by atoms with Crippen LogP contribution in [0.5, 0.6) is 0 Å². The van der Waals surface area contributed by atoms with Gasteiger partial charge in [-0.25, -0.2) is 9.97 Å². The molecule has 0 atom stereocenters. The summed E-state index contributed by atoms with van der Waals surface area (Å²) in [6.07, 6.45) is 3.65. The topological polar surface area (TPSA) is 56.7 Å². The van der Waals surface area contributed by atoms with Crippen LogP contribution in [-0.4, -0.2) is 19.5 Å². The van der Waals surface area contributed by atoms with Gasteiger partial charge >= 0.3 is 0 Å². The number of hydrogen-bond acceptors (Lipinski definition) is 4. The van der Waals surface area contributed by atoms with Crippen molar-refractivity contribution in [2.45, 2.75) is 0 Å². The number of nitrogens with zero attached hydrogens (tertiary/aromatic N) is 4. The molecule has 0 aliphatic carbocycles. The lowest BCUT2D eigenvalue weighted by Gasteiger charge is -2.09. The van der Waals surface area contributed by atoms with Crippen LogP contribution < -0.4 is 0 Å². The Labute approximate surface area is 205 Å². The van der Waals surface area contributed by atoms with Crippen LogP contribution in [0.25, 0.3) is 71.9 Å². The number of benzene rings is 4. The van der Waals surface area contributed by atoms with Crippen molar-refractivity contribution in [3.63, 3.8) is 0 Å². The molecule has 8 rings (SSSR count). The van der Waals surface area contributed by atoms with E-state index in [9.17, 15) is 0 Å². The van der Waals surface area contributed by atoms with E-state index in [1.165, 1.54) is 0 Å². The summed E-state index contributed by atoms with van der Waals surface area (Å²) in [6, 6.07) is 32.9. The van der Waals surface area contributed by atoms with Crippen LogP contribution >= 0.6 is 0 Å². The molecular weight excluding hydrogens is 444 g/mol. The van der Waals surface area contributed by atoms with E-state index in [4.69, 9.17) is 19.4 Å². The van der Waals surface area contributed by atoms with Crippen molar-refractivity contribution in [1.82, 2.24) is 19.5 Å². The standard InChI is InChI=1S/C31H18N4O/c1-2-7-19(8-3-1)25-16-18-33-31(34-25)35-28-22(13-12-20-9-6-17-32-27(20)28)23-14-15-24-21-10-4-5-11-26(21)36-30(24)29(23)35/h1-18H. The Kier molecular flexibility index (Phi) is 3.88. The maximum atomic E-state index is 6.49. The first-order chi connectivity index (χ1) is 17.9. The van der Waals surface area contributed by atoms with E-state index in [0.717, 1.165) is 65.9 Å². The Morgan fingerprint density at radius 3 is 2.33 bits per heavy atom. The Balaban J connectivity index is 1.59. The van der Waals surface area contributed by atoms with Gasteiger partial charge in [-0.1, -0.05) is 72.8 Å². The van der Waals surface area contributed by atoms with Gasteiger partial charge in [-0.2, -0.15) is 0 Å². The van der Waals surface area contributed by atoms with Gasteiger partial charge in [0.1, 0.15) is 11.1 Å². The molecule has 4 heterocycles. The molecular formula is C31H18N4O. The molecule has 5 nitrogen and oxygen atoms in total. The molecule has 8 aromatic rings. The molecule has 0 saturated heterocycles. The van der Waals surface area contributed by atoms with Gasteiger partial charge in [0.05, 0.1) is 16.7 Å². The summed E-state index contributed by atoms with van der Waals surface area (Å²) in [4.78, 5) is 14.6. The van der Waals surface area contributed by atoms with Gasteiger partial charge in [0.15, 0.2) is 5.58 Å². The second kappa shape index (κ2) is 7.23. The molecule has 168 valence electrons. The third-order valence-electron chi connectivity index (χ3n) is 6.92. The van der Waals surface area contributed by atoms with E-state index < -0.39 is 0 Å². The molecule has 0 saturated carbocycles. The van der Waals surface area contributed by atoms with Gasteiger partial charge in [-0.3, -0.25) is 9.55 Å². The quantitative estimate of drug-likeness (QED) is 0.264. The van der Waals surface area contributed by atoms with Gasteiger partial charge < -0.3 is 4.42 Å². The minimum absolute atomic E-state index is 0.586. The highest BCUT2D eigenvalue weighted by Gasteiger charge is 2.22. The van der Waals surface area contributed by atoms with Crippen molar-refractivity contribution in [3.05, 3.63) is 109 Å². The zero-order valence-corrected chi connectivity index (χ0v) is 19.1. The lowest BCUT2D eigenvalue weighted by Crippen LogP contribution is -2.02. The number of furan rings is 1. The number of fused-ring (bicyclic) bond motifs is 9. The fourth-order valence-electron chi connectivity index (χ4n) is 5.33. The zero-order valence-electron chi connectivity index (χ0n) is 19.1. The molecule has 36 heavy (non-hydrogen) atoms. The molecule has 0 fully saturated rings. The van der Waals surface area contributed by atoms with E-state index >= 15 is 0 Å². The molecule has 0 unspecified atom stereocenters. The number of rotatable bonds is 2. The van der Waals surface area contributed by atoms with E-state index in [1.54, 1.807) is 0 Å². The third-order valence-corrected chi connectivity index (χ3v) is 6.92. The Morgan fingerprint density at radius 2 is 1.39 bits per heavy atom. The summed E-state index contributed by atoms with van der Waals surface area (Å²) in [5, 5.41) is 5.39. The highest BCUT2D eigenvalue weighted by atomic mass is 16.3. The molecule has 0 amide bonds. The van der Waals surface area contributed by atoms with Crippen LogP contribution in [0.1, 0.15) is 0 Å². The molecule has 0 N–H and O–H groups in total. The smallest absolute Gasteiger partial charge is 0.235 e. The van der Waals surface area contributed by atoms with Gasteiger partial charge in [0.2, 0.25) is 5.95 Å². The van der Waals surface area contributed by atoms with E-state index in [2.05, 4.69) is 53.1 Å². The highest BCUT2D eigenvalue weighted by molar-refractivity contribution is 6.24. The first-order valence-corrected chi connectivity index (χ1v) is 11.9. The lowest BCUT2D eigenvalue weighted by atomic mass is 10.1. The third kappa shape index (κ3) is 2.62. The zero-order chi connectivity index (χ0) is 23.6. The van der Waals surface area contributed by atoms with Crippen molar-refractivity contribution in [3.8, 4) is 17.2 Å². The lowest BCUT2D eigenvalue weighted by molar-refractivity contribution is 0.671. The Bertz CT molecular complexity index is 2100. The summed E-state index contributed by atoms with van der Waals surface area (Å²) in [5.74, 6) is 0.586. The number of pyridine rings is 1. The average Bonchev–Trinajstić information content (AvgIpc) is 3.50. The van der Waals surface area contributed by atoms with Crippen LogP contribution in [0.4, 0.5) is 0 Å². The predicted octanol–water partition coefficient (Wildman–Crippen LogP) is 7.69. The van der Waals surface area contributed by atoms with Crippen molar-refractivity contribution >= 4 is 54.6 Å². The minimum atomic E-state index is 0.586. The van der Waals surface area contributed by atoms with Gasteiger partial charge in [0.25, 0.3) is 0 Å².